The van der Waals surface area contributed by atoms with E-state index in [4.69, 9.17) is 4.74 Å². The summed E-state index contributed by atoms with van der Waals surface area (Å²) in [5.41, 5.74) is 2.70. The van der Waals surface area contributed by atoms with Crippen LogP contribution in [-0.4, -0.2) is 55.6 Å². The van der Waals surface area contributed by atoms with E-state index in [9.17, 15) is 14.9 Å². The number of nitro groups is 1. The molecule has 2 aromatic carbocycles. The molecule has 1 N–H and O–H groups in total. The second kappa shape index (κ2) is 9.49. The number of non-ortho nitro benzene ring substituents is 1. The molecule has 1 unspecified atom stereocenters. The zero-order chi connectivity index (χ0) is 20.8. The molecule has 0 aromatic heterocycles. The summed E-state index contributed by atoms with van der Waals surface area (Å²) in [7, 11) is 1.82. The van der Waals surface area contributed by atoms with Crippen LogP contribution in [0.2, 0.25) is 0 Å². The van der Waals surface area contributed by atoms with Gasteiger partial charge in [-0.3, -0.25) is 19.8 Å². The Balaban J connectivity index is 1.55. The van der Waals surface area contributed by atoms with Crippen LogP contribution in [0.5, 0.6) is 0 Å². The minimum absolute atomic E-state index is 0.0487. The lowest BCUT2D eigenvalue weighted by molar-refractivity contribution is -0.384. The fourth-order valence-corrected chi connectivity index (χ4v) is 3.29. The molecule has 1 fully saturated rings. The Morgan fingerprint density at radius 3 is 2.59 bits per heavy atom. The molecular weight excluding hydrogens is 372 g/mol. The number of nitrogens with zero attached hydrogens (tertiary/aromatic N) is 3. The van der Waals surface area contributed by atoms with Gasteiger partial charge in [0, 0.05) is 42.6 Å². The number of benzene rings is 2. The van der Waals surface area contributed by atoms with Crippen molar-refractivity contribution < 1.29 is 14.5 Å². The maximum absolute atomic E-state index is 12.4. The molecule has 1 aliphatic heterocycles. The fourth-order valence-electron chi connectivity index (χ4n) is 3.29. The van der Waals surface area contributed by atoms with Gasteiger partial charge in [0.1, 0.15) is 0 Å². The Bertz CT molecular complexity index is 850. The van der Waals surface area contributed by atoms with Crippen molar-refractivity contribution in [3.63, 3.8) is 0 Å². The van der Waals surface area contributed by atoms with E-state index in [1.807, 2.05) is 49.2 Å². The molecule has 1 saturated heterocycles. The maximum atomic E-state index is 12.4. The highest BCUT2D eigenvalue weighted by atomic mass is 16.6. The summed E-state index contributed by atoms with van der Waals surface area (Å²) in [6.07, 6.45) is 0. The number of nitro benzene ring substituents is 1. The summed E-state index contributed by atoms with van der Waals surface area (Å²) >= 11 is 0. The van der Waals surface area contributed by atoms with Crippen molar-refractivity contribution in [3.05, 3.63) is 64.2 Å². The van der Waals surface area contributed by atoms with Crippen LogP contribution < -0.4 is 10.2 Å². The number of carbonyl (C=O) groups is 1. The van der Waals surface area contributed by atoms with Crippen LogP contribution in [0.15, 0.2) is 48.5 Å². The van der Waals surface area contributed by atoms with Gasteiger partial charge in [0.15, 0.2) is 0 Å². The third-order valence-electron chi connectivity index (χ3n) is 5.14. The van der Waals surface area contributed by atoms with Gasteiger partial charge in [0.05, 0.1) is 24.7 Å². The van der Waals surface area contributed by atoms with Crippen LogP contribution in [0, 0.1) is 10.1 Å². The van der Waals surface area contributed by atoms with E-state index in [2.05, 4.69) is 10.2 Å². The highest BCUT2D eigenvalue weighted by Crippen LogP contribution is 2.23. The van der Waals surface area contributed by atoms with Crippen molar-refractivity contribution in [2.75, 3.05) is 50.1 Å². The average Bonchev–Trinajstić information content (AvgIpc) is 2.74. The number of morpholine rings is 1. The molecule has 1 amide bonds. The average molecular weight is 398 g/mol. The molecular formula is C21H26N4O4. The SMILES string of the molecule is CC(c1cccc([N+](=O)[O-])c1)N(C)CC(=O)Nc1ccc(N2CCOCC2)cc1. The van der Waals surface area contributed by atoms with E-state index in [-0.39, 0.29) is 24.2 Å². The third-order valence-corrected chi connectivity index (χ3v) is 5.14. The molecule has 1 atom stereocenters. The summed E-state index contributed by atoms with van der Waals surface area (Å²) in [6.45, 7) is 5.29. The second-order valence-corrected chi connectivity index (χ2v) is 7.14. The molecule has 8 heteroatoms. The minimum Gasteiger partial charge on any atom is -0.378 e. The molecule has 1 heterocycles. The number of nitrogens with one attached hydrogen (secondary N) is 1. The van der Waals surface area contributed by atoms with Gasteiger partial charge in [-0.25, -0.2) is 0 Å². The Morgan fingerprint density at radius 1 is 1.24 bits per heavy atom. The summed E-state index contributed by atoms with van der Waals surface area (Å²) in [6, 6.07) is 14.1. The van der Waals surface area contributed by atoms with Crippen molar-refractivity contribution in [1.82, 2.24) is 4.90 Å². The number of ether oxygens (including phenoxy) is 1. The van der Waals surface area contributed by atoms with Gasteiger partial charge in [0.2, 0.25) is 5.91 Å². The first-order valence-corrected chi connectivity index (χ1v) is 9.61. The van der Waals surface area contributed by atoms with Crippen molar-refractivity contribution in [3.8, 4) is 0 Å². The monoisotopic (exact) mass is 398 g/mol. The number of hydrogen-bond donors (Lipinski definition) is 1. The molecule has 0 saturated carbocycles. The number of hydrogen-bond acceptors (Lipinski definition) is 6. The summed E-state index contributed by atoms with van der Waals surface area (Å²) in [5.74, 6) is -0.135. The van der Waals surface area contributed by atoms with E-state index in [1.165, 1.54) is 6.07 Å². The van der Waals surface area contributed by atoms with Gasteiger partial charge in [-0.1, -0.05) is 12.1 Å². The first-order valence-electron chi connectivity index (χ1n) is 9.61. The lowest BCUT2D eigenvalue weighted by atomic mass is 10.1. The number of likely N-dealkylation sites (N-methyl/N-ethyl adjacent to an activating group) is 1. The first kappa shape index (κ1) is 20.8. The van der Waals surface area contributed by atoms with Gasteiger partial charge in [-0.05, 0) is 43.8 Å². The van der Waals surface area contributed by atoms with E-state index in [0.717, 1.165) is 43.2 Å². The molecule has 3 rings (SSSR count). The largest absolute Gasteiger partial charge is 0.378 e. The van der Waals surface area contributed by atoms with E-state index < -0.39 is 4.92 Å². The molecule has 1 aliphatic rings. The lowest BCUT2D eigenvalue weighted by Crippen LogP contribution is -2.36. The molecule has 0 spiro atoms. The summed E-state index contributed by atoms with van der Waals surface area (Å²) in [4.78, 5) is 27.1. The van der Waals surface area contributed by atoms with Crippen LogP contribution in [0.4, 0.5) is 17.1 Å². The minimum atomic E-state index is -0.413. The Kier molecular flexibility index (Phi) is 6.79. The predicted molar refractivity (Wildman–Crippen MR) is 112 cm³/mol. The highest BCUT2D eigenvalue weighted by molar-refractivity contribution is 5.92. The zero-order valence-corrected chi connectivity index (χ0v) is 16.7. The van der Waals surface area contributed by atoms with Gasteiger partial charge >= 0.3 is 0 Å². The molecule has 2 aromatic rings. The molecule has 29 heavy (non-hydrogen) atoms. The normalized spacial score (nSPS) is 15.2. The van der Waals surface area contributed by atoms with E-state index in [0.29, 0.717) is 0 Å². The fraction of sp³-hybridized carbons (Fsp3) is 0.381. The van der Waals surface area contributed by atoms with Crippen LogP contribution in [0.1, 0.15) is 18.5 Å². The van der Waals surface area contributed by atoms with Crippen molar-refractivity contribution in [2.45, 2.75) is 13.0 Å². The molecule has 0 bridgehead atoms. The number of rotatable bonds is 7. The van der Waals surface area contributed by atoms with Crippen molar-refractivity contribution in [1.29, 1.82) is 0 Å². The highest BCUT2D eigenvalue weighted by Gasteiger charge is 2.17. The van der Waals surface area contributed by atoms with Gasteiger partial charge < -0.3 is 15.0 Å². The third kappa shape index (κ3) is 5.52. The van der Waals surface area contributed by atoms with Crippen LogP contribution in [-0.2, 0) is 9.53 Å². The lowest BCUT2D eigenvalue weighted by Gasteiger charge is -2.29. The van der Waals surface area contributed by atoms with Gasteiger partial charge in [-0.15, -0.1) is 0 Å². The topological polar surface area (TPSA) is 88.0 Å². The van der Waals surface area contributed by atoms with Gasteiger partial charge in [0.25, 0.3) is 5.69 Å². The van der Waals surface area contributed by atoms with Crippen LogP contribution in [0.3, 0.4) is 0 Å². The Morgan fingerprint density at radius 2 is 1.93 bits per heavy atom. The molecule has 154 valence electrons. The number of amides is 1. The van der Waals surface area contributed by atoms with Crippen molar-refractivity contribution in [2.24, 2.45) is 0 Å². The predicted octanol–water partition coefficient (Wildman–Crippen LogP) is 3.06. The summed E-state index contributed by atoms with van der Waals surface area (Å²) in [5, 5.41) is 13.9. The van der Waals surface area contributed by atoms with Crippen molar-refractivity contribution >= 4 is 23.0 Å². The molecule has 0 radical (unpaired) electrons. The van der Waals surface area contributed by atoms with Crippen LogP contribution >= 0.6 is 0 Å². The molecule has 0 aliphatic carbocycles. The standard InChI is InChI=1S/C21H26N4O4/c1-16(17-4-3-5-20(14-17)25(27)28)23(2)15-21(26)22-18-6-8-19(9-7-18)24-10-12-29-13-11-24/h3-9,14,16H,10-13,15H2,1-2H3,(H,22,26). The molecule has 8 nitrogen and oxygen atoms in total. The quantitative estimate of drug-likeness (QED) is 0.570. The van der Waals surface area contributed by atoms with Gasteiger partial charge in [-0.2, -0.15) is 0 Å². The number of carbonyl (C=O) groups excluding carboxylic acids is 1. The number of anilines is 2. The first-order chi connectivity index (χ1) is 13.9. The summed E-state index contributed by atoms with van der Waals surface area (Å²) < 4.78 is 5.37. The Hall–Kier alpha value is -2.97. The maximum Gasteiger partial charge on any atom is 0.269 e. The second-order valence-electron chi connectivity index (χ2n) is 7.14. The van der Waals surface area contributed by atoms with Crippen LogP contribution in [0.25, 0.3) is 0 Å². The van der Waals surface area contributed by atoms with E-state index in [1.54, 1.807) is 12.1 Å². The van der Waals surface area contributed by atoms with E-state index >= 15 is 0 Å². The zero-order valence-electron chi connectivity index (χ0n) is 16.7. The Labute approximate surface area is 170 Å². The smallest absolute Gasteiger partial charge is 0.269 e.